The zero-order chi connectivity index (χ0) is 39.5. The maximum absolute atomic E-state index is 14.5. The van der Waals surface area contributed by atoms with Crippen LogP contribution in [0, 0.1) is 16.7 Å². The number of fused-ring (bicyclic) bond motifs is 3. The van der Waals surface area contributed by atoms with E-state index in [1.165, 1.54) is 4.90 Å². The third-order valence-electron chi connectivity index (χ3n) is 11.9. The first-order chi connectivity index (χ1) is 26.1. The average Bonchev–Trinajstić information content (AvgIpc) is 4.02. The number of ether oxygens (including phenoxy) is 3. The number of hydrogen-bond acceptors (Lipinski definition) is 10. The van der Waals surface area contributed by atoms with Gasteiger partial charge in [0.1, 0.15) is 17.9 Å². The zero-order valence-electron chi connectivity index (χ0n) is 32.7. The normalized spacial score (nSPS) is 28.6. The molecule has 0 radical (unpaired) electrons. The van der Waals surface area contributed by atoms with E-state index >= 15 is 0 Å². The smallest absolute Gasteiger partial charge is 0.410 e. The summed E-state index contributed by atoms with van der Waals surface area (Å²) in [5, 5.41) is 2.15. The minimum Gasteiger partial charge on any atom is -0.493 e. The molecular formula is C40H58N4O10S. The van der Waals surface area contributed by atoms with Crippen LogP contribution in [0.2, 0.25) is 0 Å². The fourth-order valence-electron chi connectivity index (χ4n) is 8.33. The summed E-state index contributed by atoms with van der Waals surface area (Å²) in [4.78, 5) is 72.2. The number of rotatable bonds is 7. The Morgan fingerprint density at radius 1 is 0.964 bits per heavy atom. The van der Waals surface area contributed by atoms with Crippen LogP contribution in [0.4, 0.5) is 9.59 Å². The number of nitrogens with zero attached hydrogens (tertiary/aromatic N) is 2. The molecule has 4 bridgehead atoms. The number of alkyl carbamates (subject to hydrolysis) is 1. The number of nitrogens with one attached hydrogen (secondary N) is 2. The van der Waals surface area contributed by atoms with Crippen molar-refractivity contribution in [3.05, 3.63) is 29.3 Å². The van der Waals surface area contributed by atoms with Crippen LogP contribution in [0.25, 0.3) is 0 Å². The minimum absolute atomic E-state index is 0.0123. The third kappa shape index (κ3) is 9.57. The van der Waals surface area contributed by atoms with Crippen molar-refractivity contribution in [1.29, 1.82) is 0 Å². The summed E-state index contributed by atoms with van der Waals surface area (Å²) in [6.07, 6.45) is 6.10. The quantitative estimate of drug-likeness (QED) is 0.366. The summed E-state index contributed by atoms with van der Waals surface area (Å²) in [5.41, 5.74) is -0.126. The average molecular weight is 787 g/mol. The number of cyclic esters (lactones) is 1. The number of hydrogen-bond donors (Lipinski definition) is 2. The first kappa shape index (κ1) is 40.8. The van der Waals surface area contributed by atoms with Crippen molar-refractivity contribution in [3.8, 4) is 5.75 Å². The van der Waals surface area contributed by atoms with Gasteiger partial charge in [-0.25, -0.2) is 18.0 Å². The third-order valence-corrected chi connectivity index (χ3v) is 13.7. The molecule has 3 heterocycles. The van der Waals surface area contributed by atoms with Crippen molar-refractivity contribution < 1.29 is 46.6 Å². The Balaban J connectivity index is 1.24. The van der Waals surface area contributed by atoms with Gasteiger partial charge in [-0.1, -0.05) is 78.4 Å². The van der Waals surface area contributed by atoms with Crippen molar-refractivity contribution in [2.45, 2.75) is 148 Å². The lowest BCUT2D eigenvalue weighted by atomic mass is 9.85. The van der Waals surface area contributed by atoms with Gasteiger partial charge in [0.2, 0.25) is 21.8 Å². The number of carbonyl (C=O) groups is 5. The number of Topliss-reactive ketones (excluding diaryl/α,β-unsaturated/α-hetero) is 1. The van der Waals surface area contributed by atoms with Gasteiger partial charge in [0.05, 0.1) is 43.0 Å². The molecule has 14 nitrogen and oxygen atoms in total. The molecule has 2 aliphatic carbocycles. The lowest BCUT2D eigenvalue weighted by Crippen LogP contribution is -2.57. The van der Waals surface area contributed by atoms with E-state index in [-0.39, 0.29) is 31.9 Å². The number of carbonyl (C=O) groups excluding carboxylic acids is 5. The Morgan fingerprint density at radius 2 is 1.64 bits per heavy atom. The number of ketones is 1. The van der Waals surface area contributed by atoms with Crippen molar-refractivity contribution in [2.24, 2.45) is 16.7 Å². The Kier molecular flexibility index (Phi) is 12.4. The van der Waals surface area contributed by atoms with Crippen molar-refractivity contribution >= 4 is 39.8 Å². The first-order valence-corrected chi connectivity index (χ1v) is 21.7. The second-order valence-electron chi connectivity index (χ2n) is 17.2. The van der Waals surface area contributed by atoms with Gasteiger partial charge in [-0.15, -0.1) is 0 Å². The minimum atomic E-state index is -3.84. The molecule has 3 fully saturated rings. The Hall–Kier alpha value is -3.88. The fraction of sp³-hybridized carbons (Fsp3) is 0.725. The molecule has 2 saturated carbocycles. The molecule has 3 aliphatic heterocycles. The monoisotopic (exact) mass is 786 g/mol. The lowest BCUT2D eigenvalue weighted by Gasteiger charge is -2.35. The van der Waals surface area contributed by atoms with Crippen LogP contribution in [0.5, 0.6) is 5.75 Å². The Bertz CT molecular complexity index is 1740. The zero-order valence-corrected chi connectivity index (χ0v) is 33.5. The van der Waals surface area contributed by atoms with Gasteiger partial charge in [-0.2, -0.15) is 0 Å². The van der Waals surface area contributed by atoms with Crippen LogP contribution in [0.1, 0.15) is 122 Å². The molecule has 15 heteroatoms. The standard InChI is InChI=1S/C40H58N4O10S/c1-5-27-21-40(27,36(47)42-55(50,51)29-16-17-29)22-32(45)31-20-28-24-44(31)35(46)34(39(2,3)4)41-37(48)53-19-12-10-8-6-7-9-11-18-52-33-15-13-14-26-23-43(25-30(26)33)38(49)54-28/h13-15,27-29,31,34H,5-12,16-25H2,1-4H3,(H,41,48)(H,42,47)/t27-,28+,31?,34+,40-/m0/s1. The van der Waals surface area contributed by atoms with E-state index in [0.717, 1.165) is 55.4 Å². The number of amides is 4. The molecule has 5 aliphatic rings. The summed E-state index contributed by atoms with van der Waals surface area (Å²) in [5.74, 6) is -1.11. The fourth-order valence-corrected chi connectivity index (χ4v) is 9.71. The predicted octanol–water partition coefficient (Wildman–Crippen LogP) is 5.36. The van der Waals surface area contributed by atoms with Gasteiger partial charge in [0.25, 0.3) is 0 Å². The molecule has 0 aromatic heterocycles. The summed E-state index contributed by atoms with van der Waals surface area (Å²) < 4.78 is 45.4. The topological polar surface area (TPSA) is 178 Å². The highest BCUT2D eigenvalue weighted by atomic mass is 32.2. The second-order valence-corrected chi connectivity index (χ2v) is 19.1. The van der Waals surface area contributed by atoms with Crippen LogP contribution in [-0.4, -0.2) is 91.2 Å². The van der Waals surface area contributed by atoms with Crippen molar-refractivity contribution in [3.63, 3.8) is 0 Å². The van der Waals surface area contributed by atoms with Gasteiger partial charge < -0.3 is 24.4 Å². The van der Waals surface area contributed by atoms with Crippen LogP contribution >= 0.6 is 0 Å². The molecule has 304 valence electrons. The Labute approximate surface area is 324 Å². The highest BCUT2D eigenvalue weighted by Crippen LogP contribution is 2.58. The van der Waals surface area contributed by atoms with Gasteiger partial charge in [-0.3, -0.25) is 24.0 Å². The highest BCUT2D eigenvalue weighted by molar-refractivity contribution is 7.90. The maximum atomic E-state index is 14.5. The summed E-state index contributed by atoms with van der Waals surface area (Å²) in [6, 6.07) is 3.62. The SMILES string of the molecule is CC[C@H]1C[C@@]1(CC(=O)C1C[C@@H]2CN1C(=O)[C@H](C(C)(C)C)NC(=O)OCCCCCCCCCOc1cccc3c1CN(C3)C(=O)O2)C(=O)NS(=O)(=O)C1CC1. The molecule has 55 heavy (non-hydrogen) atoms. The molecule has 6 rings (SSSR count). The van der Waals surface area contributed by atoms with Crippen LogP contribution in [0.15, 0.2) is 18.2 Å². The number of sulfonamides is 1. The molecule has 2 N–H and O–H groups in total. The van der Waals surface area contributed by atoms with E-state index in [2.05, 4.69) is 10.0 Å². The van der Waals surface area contributed by atoms with E-state index in [1.807, 2.05) is 25.1 Å². The second kappa shape index (κ2) is 16.7. The maximum Gasteiger partial charge on any atom is 0.410 e. The highest BCUT2D eigenvalue weighted by Gasteiger charge is 2.62. The van der Waals surface area contributed by atoms with Gasteiger partial charge >= 0.3 is 12.2 Å². The first-order valence-electron chi connectivity index (χ1n) is 20.1. The van der Waals surface area contributed by atoms with Gasteiger partial charge in [-0.05, 0) is 55.1 Å². The largest absolute Gasteiger partial charge is 0.493 e. The molecular weight excluding hydrogens is 729 g/mol. The molecule has 0 spiro atoms. The molecule has 5 atom stereocenters. The Morgan fingerprint density at radius 3 is 2.27 bits per heavy atom. The van der Waals surface area contributed by atoms with E-state index < -0.39 is 74.1 Å². The lowest BCUT2D eigenvalue weighted by molar-refractivity contribution is -0.142. The molecule has 1 aromatic rings. The van der Waals surface area contributed by atoms with Crippen LogP contribution in [-0.2, 0) is 47.0 Å². The van der Waals surface area contributed by atoms with E-state index in [1.54, 1.807) is 25.7 Å². The van der Waals surface area contributed by atoms with Crippen LogP contribution in [0.3, 0.4) is 0 Å². The summed E-state index contributed by atoms with van der Waals surface area (Å²) in [6.45, 7) is 8.56. The van der Waals surface area contributed by atoms with E-state index in [4.69, 9.17) is 14.2 Å². The summed E-state index contributed by atoms with van der Waals surface area (Å²) in [7, 11) is -3.84. The van der Waals surface area contributed by atoms with Crippen molar-refractivity contribution in [1.82, 2.24) is 19.8 Å². The van der Waals surface area contributed by atoms with Gasteiger partial charge in [0.15, 0.2) is 5.78 Å². The predicted molar refractivity (Wildman–Crippen MR) is 202 cm³/mol. The van der Waals surface area contributed by atoms with Crippen molar-refractivity contribution in [2.75, 3.05) is 19.8 Å². The van der Waals surface area contributed by atoms with E-state index in [0.29, 0.717) is 51.8 Å². The molecule has 1 aromatic carbocycles. The summed E-state index contributed by atoms with van der Waals surface area (Å²) >= 11 is 0. The molecule has 1 saturated heterocycles. The van der Waals surface area contributed by atoms with E-state index in [9.17, 15) is 32.4 Å². The molecule has 1 unspecified atom stereocenters. The van der Waals surface area contributed by atoms with Gasteiger partial charge in [0, 0.05) is 24.9 Å². The number of benzene rings is 1. The van der Waals surface area contributed by atoms with Crippen LogP contribution < -0.4 is 14.8 Å². The molecule has 4 amide bonds.